The van der Waals surface area contributed by atoms with Crippen LogP contribution in [0.4, 0.5) is 0 Å². The Kier molecular flexibility index (Phi) is 4.77. The number of hydrogen-bond donors (Lipinski definition) is 1. The molecule has 0 saturated carbocycles. The molecule has 2 unspecified atom stereocenters. The van der Waals surface area contributed by atoms with Gasteiger partial charge in [-0.2, -0.15) is 0 Å². The molecule has 2 aromatic rings. The molecule has 1 aromatic carbocycles. The van der Waals surface area contributed by atoms with E-state index >= 15 is 0 Å². The second-order valence-corrected chi connectivity index (χ2v) is 7.24. The van der Waals surface area contributed by atoms with Crippen LogP contribution < -0.4 is 5.32 Å². The molecule has 1 aromatic heterocycles. The number of benzene rings is 1. The van der Waals surface area contributed by atoms with Gasteiger partial charge in [0.1, 0.15) is 0 Å². The van der Waals surface area contributed by atoms with Crippen molar-refractivity contribution in [2.45, 2.75) is 51.5 Å². The Labute approximate surface area is 132 Å². The SMILES string of the molecule is CCCNC(c1csc(C)c1)C1CCCc2ccccc21. The van der Waals surface area contributed by atoms with Crippen molar-refractivity contribution in [3.8, 4) is 0 Å². The molecule has 0 bridgehead atoms. The zero-order valence-corrected chi connectivity index (χ0v) is 13.9. The molecule has 0 radical (unpaired) electrons. The molecule has 0 aliphatic heterocycles. The molecular weight excluding hydrogens is 274 g/mol. The fourth-order valence-corrected chi connectivity index (χ4v) is 4.30. The molecule has 1 aliphatic rings. The fraction of sp³-hybridized carbons (Fsp3) is 0.474. The van der Waals surface area contributed by atoms with Crippen molar-refractivity contribution in [3.05, 3.63) is 57.3 Å². The quantitative estimate of drug-likeness (QED) is 0.798. The first-order chi connectivity index (χ1) is 10.3. The smallest absolute Gasteiger partial charge is 0.0398 e. The van der Waals surface area contributed by atoms with Gasteiger partial charge < -0.3 is 5.32 Å². The molecule has 1 N–H and O–H groups in total. The van der Waals surface area contributed by atoms with Crippen LogP contribution in [0.15, 0.2) is 35.7 Å². The van der Waals surface area contributed by atoms with Crippen LogP contribution >= 0.6 is 11.3 Å². The van der Waals surface area contributed by atoms with Gasteiger partial charge in [0.05, 0.1) is 0 Å². The summed E-state index contributed by atoms with van der Waals surface area (Å²) in [6.45, 7) is 5.55. The van der Waals surface area contributed by atoms with Crippen LogP contribution in [0.2, 0.25) is 0 Å². The maximum atomic E-state index is 3.82. The van der Waals surface area contributed by atoms with Gasteiger partial charge in [-0.05, 0) is 67.3 Å². The van der Waals surface area contributed by atoms with E-state index in [1.54, 1.807) is 11.1 Å². The fourth-order valence-electron chi connectivity index (χ4n) is 3.56. The van der Waals surface area contributed by atoms with E-state index in [1.807, 2.05) is 11.3 Å². The summed E-state index contributed by atoms with van der Waals surface area (Å²) in [6, 6.07) is 11.9. The molecule has 0 amide bonds. The van der Waals surface area contributed by atoms with Crippen LogP contribution in [0.3, 0.4) is 0 Å². The summed E-state index contributed by atoms with van der Waals surface area (Å²) in [5, 5.41) is 6.16. The number of nitrogens with one attached hydrogen (secondary N) is 1. The van der Waals surface area contributed by atoms with E-state index in [0.717, 1.165) is 6.54 Å². The molecule has 3 rings (SSSR count). The number of thiophene rings is 1. The number of rotatable bonds is 5. The van der Waals surface area contributed by atoms with Gasteiger partial charge in [0.2, 0.25) is 0 Å². The zero-order valence-electron chi connectivity index (χ0n) is 13.1. The average Bonchev–Trinajstić information content (AvgIpc) is 2.94. The first-order valence-electron chi connectivity index (χ1n) is 8.16. The molecule has 1 heterocycles. The van der Waals surface area contributed by atoms with Crippen molar-refractivity contribution in [2.24, 2.45) is 0 Å². The third-order valence-corrected chi connectivity index (χ3v) is 5.42. The van der Waals surface area contributed by atoms with Gasteiger partial charge in [-0.3, -0.25) is 0 Å². The lowest BCUT2D eigenvalue weighted by atomic mass is 9.77. The van der Waals surface area contributed by atoms with Gasteiger partial charge in [0, 0.05) is 16.8 Å². The predicted octanol–water partition coefficient (Wildman–Crippen LogP) is 5.22. The average molecular weight is 299 g/mol. The highest BCUT2D eigenvalue weighted by atomic mass is 32.1. The Morgan fingerprint density at radius 3 is 2.95 bits per heavy atom. The Bertz CT molecular complexity index is 587. The van der Waals surface area contributed by atoms with E-state index in [9.17, 15) is 0 Å². The third-order valence-electron chi connectivity index (χ3n) is 4.54. The van der Waals surface area contributed by atoms with Gasteiger partial charge in [-0.1, -0.05) is 31.2 Å². The van der Waals surface area contributed by atoms with Crippen LogP contribution in [0.5, 0.6) is 0 Å². The summed E-state index contributed by atoms with van der Waals surface area (Å²) in [4.78, 5) is 1.41. The summed E-state index contributed by atoms with van der Waals surface area (Å²) in [7, 11) is 0. The van der Waals surface area contributed by atoms with Gasteiger partial charge in [-0.25, -0.2) is 0 Å². The highest BCUT2D eigenvalue weighted by Crippen LogP contribution is 2.41. The predicted molar refractivity (Wildman–Crippen MR) is 92.2 cm³/mol. The first kappa shape index (κ1) is 14.8. The van der Waals surface area contributed by atoms with Crippen molar-refractivity contribution in [2.75, 3.05) is 6.54 Å². The van der Waals surface area contributed by atoms with Crippen LogP contribution in [-0.2, 0) is 6.42 Å². The lowest BCUT2D eigenvalue weighted by Gasteiger charge is -2.33. The second-order valence-electron chi connectivity index (χ2n) is 6.12. The largest absolute Gasteiger partial charge is 0.309 e. The minimum atomic E-state index is 0.469. The number of aryl methyl sites for hydroxylation is 2. The van der Waals surface area contributed by atoms with Crippen molar-refractivity contribution >= 4 is 11.3 Å². The third kappa shape index (κ3) is 3.22. The van der Waals surface area contributed by atoms with Crippen LogP contribution in [0.1, 0.15) is 59.7 Å². The summed E-state index contributed by atoms with van der Waals surface area (Å²) < 4.78 is 0. The molecule has 0 fully saturated rings. The van der Waals surface area contributed by atoms with Crippen molar-refractivity contribution in [1.29, 1.82) is 0 Å². The van der Waals surface area contributed by atoms with Crippen LogP contribution in [0.25, 0.3) is 0 Å². The van der Waals surface area contributed by atoms with Crippen molar-refractivity contribution in [1.82, 2.24) is 5.32 Å². The molecular formula is C19H25NS. The monoisotopic (exact) mass is 299 g/mol. The van der Waals surface area contributed by atoms with E-state index < -0.39 is 0 Å². The van der Waals surface area contributed by atoms with Gasteiger partial charge in [0.25, 0.3) is 0 Å². The van der Waals surface area contributed by atoms with Crippen molar-refractivity contribution < 1.29 is 0 Å². The van der Waals surface area contributed by atoms with Crippen molar-refractivity contribution in [3.63, 3.8) is 0 Å². The van der Waals surface area contributed by atoms with Crippen LogP contribution in [-0.4, -0.2) is 6.54 Å². The Morgan fingerprint density at radius 1 is 1.33 bits per heavy atom. The Balaban J connectivity index is 1.93. The van der Waals surface area contributed by atoms with Gasteiger partial charge in [0.15, 0.2) is 0 Å². The van der Waals surface area contributed by atoms with Gasteiger partial charge >= 0.3 is 0 Å². The molecule has 21 heavy (non-hydrogen) atoms. The molecule has 1 aliphatic carbocycles. The normalized spacial score (nSPS) is 19.2. The molecule has 0 spiro atoms. The maximum absolute atomic E-state index is 3.82. The summed E-state index contributed by atoms with van der Waals surface area (Å²) in [6.07, 6.45) is 5.05. The summed E-state index contributed by atoms with van der Waals surface area (Å²) >= 11 is 1.87. The molecule has 112 valence electrons. The van der Waals surface area contributed by atoms with E-state index in [2.05, 4.69) is 54.9 Å². The van der Waals surface area contributed by atoms with E-state index in [4.69, 9.17) is 0 Å². The number of hydrogen-bond acceptors (Lipinski definition) is 2. The highest BCUT2D eigenvalue weighted by Gasteiger charge is 2.28. The second kappa shape index (κ2) is 6.76. The lowest BCUT2D eigenvalue weighted by Crippen LogP contribution is -2.29. The standard InChI is InChI=1S/C19H25NS/c1-3-11-20-19(16-12-14(2)21-13-16)18-10-6-8-15-7-4-5-9-17(15)18/h4-5,7,9,12-13,18-20H,3,6,8,10-11H2,1-2H3. The topological polar surface area (TPSA) is 12.0 Å². The molecule has 1 nitrogen and oxygen atoms in total. The molecule has 2 atom stereocenters. The maximum Gasteiger partial charge on any atom is 0.0398 e. The molecule has 0 saturated heterocycles. The number of fused-ring (bicyclic) bond motifs is 1. The van der Waals surface area contributed by atoms with E-state index in [1.165, 1.54) is 36.1 Å². The zero-order chi connectivity index (χ0) is 14.7. The van der Waals surface area contributed by atoms with E-state index in [-0.39, 0.29) is 0 Å². The lowest BCUT2D eigenvalue weighted by molar-refractivity contribution is 0.402. The van der Waals surface area contributed by atoms with Gasteiger partial charge in [-0.15, -0.1) is 11.3 Å². The Hall–Kier alpha value is -1.12. The highest BCUT2D eigenvalue weighted by molar-refractivity contribution is 7.10. The first-order valence-corrected chi connectivity index (χ1v) is 9.03. The minimum Gasteiger partial charge on any atom is -0.309 e. The Morgan fingerprint density at radius 2 is 2.19 bits per heavy atom. The van der Waals surface area contributed by atoms with Crippen LogP contribution in [0, 0.1) is 6.92 Å². The summed E-state index contributed by atoms with van der Waals surface area (Å²) in [5.74, 6) is 0.621. The van der Waals surface area contributed by atoms with E-state index in [0.29, 0.717) is 12.0 Å². The minimum absolute atomic E-state index is 0.469. The molecule has 2 heteroatoms. The summed E-state index contributed by atoms with van der Waals surface area (Å²) in [5.41, 5.74) is 4.61.